The fourth-order valence-corrected chi connectivity index (χ4v) is 4.45. The number of hydrogen-bond donors (Lipinski definition) is 3. The Morgan fingerprint density at radius 3 is 1.86 bits per heavy atom. The molecule has 4 rings (SSSR count). The highest BCUT2D eigenvalue weighted by Crippen LogP contribution is 2.23. The predicted octanol–water partition coefficient (Wildman–Crippen LogP) is 5.58. The molecule has 9 heteroatoms. The van der Waals surface area contributed by atoms with E-state index in [1.54, 1.807) is 42.5 Å². The van der Waals surface area contributed by atoms with Crippen LogP contribution in [-0.2, 0) is 10.0 Å². The molecule has 0 aliphatic rings. The van der Waals surface area contributed by atoms with Gasteiger partial charge in [0.2, 0.25) is 0 Å². The first-order chi connectivity index (χ1) is 16.7. The third-order valence-corrected chi connectivity index (χ3v) is 6.50. The number of rotatable bonds is 8. The van der Waals surface area contributed by atoms with Crippen LogP contribution in [0, 0.1) is 13.8 Å². The minimum absolute atomic E-state index is 0.0254. The number of benzene rings is 3. The van der Waals surface area contributed by atoms with E-state index in [0.29, 0.717) is 28.7 Å². The second-order valence-electron chi connectivity index (χ2n) is 8.07. The Kier molecular flexibility index (Phi) is 6.79. The standard InChI is InChI=1S/C26H25N5O3S/c1-17-7-9-21(10-8-17)29-25-16-26(28-19(3)27-25)30-22-11-13-23(14-12-22)31-35(33,34)24-6-4-5-20(15-24)18(2)32/h4-16,31H,1-3H3,(H2,27,28,29,30). The van der Waals surface area contributed by atoms with Crippen LogP contribution in [0.15, 0.2) is 83.8 Å². The molecule has 0 spiro atoms. The van der Waals surface area contributed by atoms with Crippen LogP contribution in [0.5, 0.6) is 0 Å². The summed E-state index contributed by atoms with van der Waals surface area (Å²) < 4.78 is 28.0. The van der Waals surface area contributed by atoms with Crippen LogP contribution >= 0.6 is 0 Å². The summed E-state index contributed by atoms with van der Waals surface area (Å²) >= 11 is 0. The molecule has 0 saturated carbocycles. The highest BCUT2D eigenvalue weighted by molar-refractivity contribution is 7.92. The number of hydrogen-bond acceptors (Lipinski definition) is 7. The molecule has 4 aromatic rings. The van der Waals surface area contributed by atoms with E-state index in [1.807, 2.05) is 38.1 Å². The van der Waals surface area contributed by atoms with Crippen LogP contribution < -0.4 is 15.4 Å². The molecule has 3 N–H and O–H groups in total. The summed E-state index contributed by atoms with van der Waals surface area (Å²) in [4.78, 5) is 20.5. The van der Waals surface area contributed by atoms with Crippen molar-refractivity contribution in [2.45, 2.75) is 25.7 Å². The van der Waals surface area contributed by atoms with Gasteiger partial charge in [-0.3, -0.25) is 9.52 Å². The van der Waals surface area contributed by atoms with Gasteiger partial charge in [-0.15, -0.1) is 0 Å². The molecule has 1 heterocycles. The summed E-state index contributed by atoms with van der Waals surface area (Å²) in [5.74, 6) is 1.65. The van der Waals surface area contributed by atoms with Crippen molar-refractivity contribution in [3.63, 3.8) is 0 Å². The Morgan fingerprint density at radius 1 is 0.743 bits per heavy atom. The molecule has 35 heavy (non-hydrogen) atoms. The van der Waals surface area contributed by atoms with Gasteiger partial charge in [-0.2, -0.15) is 0 Å². The Bertz CT molecular complexity index is 1470. The van der Waals surface area contributed by atoms with Crippen LogP contribution in [0.2, 0.25) is 0 Å². The second-order valence-corrected chi connectivity index (χ2v) is 9.75. The summed E-state index contributed by atoms with van der Waals surface area (Å²) in [5.41, 5.74) is 3.55. The summed E-state index contributed by atoms with van der Waals surface area (Å²) in [6.07, 6.45) is 0. The minimum Gasteiger partial charge on any atom is -0.340 e. The number of ketones is 1. The molecular weight excluding hydrogens is 462 g/mol. The normalized spacial score (nSPS) is 11.1. The maximum atomic E-state index is 12.7. The Labute approximate surface area is 204 Å². The molecule has 0 fully saturated rings. The first-order valence-corrected chi connectivity index (χ1v) is 12.4. The van der Waals surface area contributed by atoms with E-state index >= 15 is 0 Å². The number of nitrogens with zero attached hydrogens (tertiary/aromatic N) is 2. The second kappa shape index (κ2) is 9.94. The van der Waals surface area contributed by atoms with Crippen molar-refractivity contribution in [1.82, 2.24) is 9.97 Å². The van der Waals surface area contributed by atoms with Crippen molar-refractivity contribution in [2.75, 3.05) is 15.4 Å². The quantitative estimate of drug-likeness (QED) is 0.278. The fourth-order valence-electron chi connectivity index (χ4n) is 3.35. The van der Waals surface area contributed by atoms with E-state index < -0.39 is 10.0 Å². The Morgan fingerprint density at radius 2 is 1.29 bits per heavy atom. The zero-order chi connectivity index (χ0) is 25.0. The molecule has 178 valence electrons. The molecule has 0 saturated heterocycles. The first kappa shape index (κ1) is 23.9. The number of aromatic nitrogens is 2. The zero-order valence-corrected chi connectivity index (χ0v) is 20.3. The molecule has 0 aliphatic heterocycles. The van der Waals surface area contributed by atoms with Gasteiger partial charge in [0, 0.05) is 28.7 Å². The third-order valence-electron chi connectivity index (χ3n) is 5.12. The van der Waals surface area contributed by atoms with Gasteiger partial charge in [0.1, 0.15) is 17.5 Å². The molecule has 0 radical (unpaired) electrons. The zero-order valence-electron chi connectivity index (χ0n) is 19.5. The predicted molar refractivity (Wildman–Crippen MR) is 138 cm³/mol. The highest BCUT2D eigenvalue weighted by atomic mass is 32.2. The van der Waals surface area contributed by atoms with E-state index in [1.165, 1.54) is 24.6 Å². The van der Waals surface area contributed by atoms with Crippen LogP contribution in [0.3, 0.4) is 0 Å². The van der Waals surface area contributed by atoms with E-state index in [-0.39, 0.29) is 10.7 Å². The minimum atomic E-state index is -3.84. The van der Waals surface area contributed by atoms with Gasteiger partial charge in [0.05, 0.1) is 4.90 Å². The molecule has 0 bridgehead atoms. The van der Waals surface area contributed by atoms with E-state index in [4.69, 9.17) is 0 Å². The fraction of sp³-hybridized carbons (Fsp3) is 0.115. The maximum Gasteiger partial charge on any atom is 0.261 e. The third kappa shape index (κ3) is 6.21. The lowest BCUT2D eigenvalue weighted by molar-refractivity contribution is 0.101. The number of anilines is 5. The molecule has 0 aliphatic carbocycles. The first-order valence-electron chi connectivity index (χ1n) is 10.9. The average Bonchev–Trinajstić information content (AvgIpc) is 2.81. The van der Waals surface area contributed by atoms with Gasteiger partial charge < -0.3 is 10.6 Å². The maximum absolute atomic E-state index is 12.7. The van der Waals surface area contributed by atoms with Crippen molar-refractivity contribution < 1.29 is 13.2 Å². The number of nitrogens with one attached hydrogen (secondary N) is 3. The van der Waals surface area contributed by atoms with Crippen LogP contribution in [0.25, 0.3) is 0 Å². The van der Waals surface area contributed by atoms with Crippen molar-refractivity contribution >= 4 is 44.5 Å². The molecule has 0 unspecified atom stereocenters. The van der Waals surface area contributed by atoms with Crippen molar-refractivity contribution in [2.24, 2.45) is 0 Å². The number of sulfonamides is 1. The van der Waals surface area contributed by atoms with E-state index in [9.17, 15) is 13.2 Å². The largest absolute Gasteiger partial charge is 0.340 e. The summed E-state index contributed by atoms with van der Waals surface area (Å²) in [6, 6.07) is 22.5. The number of carbonyl (C=O) groups is 1. The summed E-state index contributed by atoms with van der Waals surface area (Å²) in [7, 11) is -3.84. The molecular formula is C26H25N5O3S. The smallest absolute Gasteiger partial charge is 0.261 e. The van der Waals surface area contributed by atoms with Crippen molar-refractivity contribution in [1.29, 1.82) is 0 Å². The molecule has 8 nitrogen and oxygen atoms in total. The van der Waals surface area contributed by atoms with E-state index in [2.05, 4.69) is 25.3 Å². The van der Waals surface area contributed by atoms with Gasteiger partial charge in [-0.25, -0.2) is 18.4 Å². The Hall–Kier alpha value is -4.24. The number of Topliss-reactive ketones (excluding diaryl/α,β-unsaturated/α-hetero) is 1. The SMILES string of the molecule is CC(=O)c1cccc(S(=O)(=O)Nc2ccc(Nc3cc(Nc4ccc(C)cc4)nc(C)n3)cc2)c1. The summed E-state index contributed by atoms with van der Waals surface area (Å²) in [5, 5.41) is 6.49. The van der Waals surface area contributed by atoms with Crippen molar-refractivity contribution in [3.05, 3.63) is 95.8 Å². The molecule has 1 aromatic heterocycles. The number of carbonyl (C=O) groups excluding carboxylic acids is 1. The topological polar surface area (TPSA) is 113 Å². The van der Waals surface area contributed by atoms with Crippen LogP contribution in [-0.4, -0.2) is 24.2 Å². The lowest BCUT2D eigenvalue weighted by atomic mass is 10.2. The van der Waals surface area contributed by atoms with Gasteiger partial charge in [-0.1, -0.05) is 29.8 Å². The monoisotopic (exact) mass is 487 g/mol. The van der Waals surface area contributed by atoms with Gasteiger partial charge in [0.15, 0.2) is 5.78 Å². The van der Waals surface area contributed by atoms with Crippen molar-refractivity contribution in [3.8, 4) is 0 Å². The van der Waals surface area contributed by atoms with Gasteiger partial charge >= 0.3 is 0 Å². The number of aryl methyl sites for hydroxylation is 2. The summed E-state index contributed by atoms with van der Waals surface area (Å²) in [6.45, 7) is 5.24. The van der Waals surface area contributed by atoms with Crippen LogP contribution in [0.4, 0.5) is 28.7 Å². The lowest BCUT2D eigenvalue weighted by Gasteiger charge is -2.12. The molecule has 0 atom stereocenters. The Balaban J connectivity index is 1.46. The molecule has 0 amide bonds. The van der Waals surface area contributed by atoms with Crippen LogP contribution in [0.1, 0.15) is 28.7 Å². The molecule has 3 aromatic carbocycles. The highest BCUT2D eigenvalue weighted by Gasteiger charge is 2.15. The average molecular weight is 488 g/mol. The van der Waals surface area contributed by atoms with Gasteiger partial charge in [0.25, 0.3) is 10.0 Å². The van der Waals surface area contributed by atoms with E-state index in [0.717, 1.165) is 11.4 Å². The van der Waals surface area contributed by atoms with Gasteiger partial charge in [-0.05, 0) is 69.3 Å². The lowest BCUT2D eigenvalue weighted by Crippen LogP contribution is -2.13.